The van der Waals surface area contributed by atoms with Gasteiger partial charge in [0.25, 0.3) is 5.56 Å². The Morgan fingerprint density at radius 1 is 1.00 bits per heavy atom. The van der Waals surface area contributed by atoms with Crippen LogP contribution in [0.4, 0.5) is 0 Å². The summed E-state index contributed by atoms with van der Waals surface area (Å²) >= 11 is 0. The molecule has 0 fully saturated rings. The molecular weight excluding hydrogens is 238 g/mol. The Morgan fingerprint density at radius 3 is 2.74 bits per heavy atom. The molecule has 1 aliphatic rings. The second-order valence-corrected chi connectivity index (χ2v) is 4.62. The highest BCUT2D eigenvalue weighted by molar-refractivity contribution is 5.86. The number of benzene rings is 2. The van der Waals surface area contributed by atoms with Crippen LogP contribution in [0.5, 0.6) is 5.75 Å². The molecule has 3 aromatic rings. The fourth-order valence-corrected chi connectivity index (χ4v) is 2.59. The van der Waals surface area contributed by atoms with E-state index in [1.54, 1.807) is 4.57 Å². The highest BCUT2D eigenvalue weighted by Gasteiger charge is 2.18. The molecule has 0 spiro atoms. The lowest BCUT2D eigenvalue weighted by molar-refractivity contribution is 0.226. The first-order valence-corrected chi connectivity index (χ1v) is 6.19. The highest BCUT2D eigenvalue weighted by atomic mass is 16.5. The monoisotopic (exact) mass is 249 g/mol. The van der Waals surface area contributed by atoms with E-state index in [1.807, 2.05) is 48.5 Å². The van der Waals surface area contributed by atoms with Crippen LogP contribution in [0.1, 0.15) is 0 Å². The smallest absolute Gasteiger partial charge is 0.261 e. The lowest BCUT2D eigenvalue weighted by Crippen LogP contribution is -2.27. The molecule has 0 N–H and O–H groups in total. The van der Waals surface area contributed by atoms with Gasteiger partial charge in [-0.1, -0.05) is 30.3 Å². The molecule has 0 bridgehead atoms. The zero-order chi connectivity index (χ0) is 12.8. The van der Waals surface area contributed by atoms with Gasteiger partial charge in [-0.25, -0.2) is 0 Å². The first-order valence-electron chi connectivity index (χ1n) is 6.19. The maximum absolute atomic E-state index is 12.5. The van der Waals surface area contributed by atoms with E-state index in [1.165, 1.54) is 0 Å². The number of aromatic nitrogens is 1. The Hall–Kier alpha value is -2.55. The van der Waals surface area contributed by atoms with Gasteiger partial charge in [0.1, 0.15) is 5.75 Å². The number of nitrogens with zero attached hydrogens (tertiary/aromatic N) is 1. The topological polar surface area (TPSA) is 31.2 Å². The molecule has 4 rings (SSSR count). The van der Waals surface area contributed by atoms with Gasteiger partial charge >= 0.3 is 0 Å². The number of hydrogen-bond donors (Lipinski definition) is 0. The van der Waals surface area contributed by atoms with Gasteiger partial charge in [-0.05, 0) is 29.7 Å². The van der Waals surface area contributed by atoms with Crippen molar-refractivity contribution in [3.8, 4) is 17.0 Å². The maximum Gasteiger partial charge on any atom is 0.261 e. The van der Waals surface area contributed by atoms with Gasteiger partial charge in [-0.15, -0.1) is 0 Å². The average molecular weight is 249 g/mol. The zero-order valence-corrected chi connectivity index (χ0v) is 10.2. The summed E-state index contributed by atoms with van der Waals surface area (Å²) in [5.74, 6) is 0.831. The van der Waals surface area contributed by atoms with Crippen LogP contribution >= 0.6 is 0 Å². The molecule has 0 radical (unpaired) electrons. The van der Waals surface area contributed by atoms with Crippen molar-refractivity contribution >= 4 is 10.8 Å². The molecule has 0 saturated heterocycles. The molecule has 92 valence electrons. The molecule has 0 amide bonds. The number of ether oxygens (including phenoxy) is 1. The maximum atomic E-state index is 12.5. The van der Waals surface area contributed by atoms with E-state index in [2.05, 4.69) is 6.07 Å². The third kappa shape index (κ3) is 1.41. The van der Waals surface area contributed by atoms with Crippen molar-refractivity contribution in [2.24, 2.45) is 0 Å². The van der Waals surface area contributed by atoms with Crippen LogP contribution in [-0.4, -0.2) is 4.57 Å². The predicted molar refractivity (Wildman–Crippen MR) is 74.3 cm³/mol. The molecule has 2 heterocycles. The Balaban J connectivity index is 2.15. The van der Waals surface area contributed by atoms with Crippen molar-refractivity contribution in [2.75, 3.05) is 0 Å². The van der Waals surface area contributed by atoms with Gasteiger partial charge < -0.3 is 4.74 Å². The first-order chi connectivity index (χ1) is 9.34. The van der Waals surface area contributed by atoms with E-state index in [0.29, 0.717) is 0 Å². The molecule has 19 heavy (non-hydrogen) atoms. The number of hydrogen-bond acceptors (Lipinski definition) is 2. The largest absolute Gasteiger partial charge is 0.472 e. The van der Waals surface area contributed by atoms with Crippen molar-refractivity contribution in [1.82, 2.24) is 4.57 Å². The Morgan fingerprint density at radius 2 is 1.79 bits per heavy atom. The SMILES string of the molecule is O=c1c2ccccc2cc2n1COc1ccccc1-2. The summed E-state index contributed by atoms with van der Waals surface area (Å²) in [7, 11) is 0. The number of fused-ring (bicyclic) bond motifs is 4. The minimum absolute atomic E-state index is 0.00241. The third-order valence-corrected chi connectivity index (χ3v) is 3.53. The minimum atomic E-state index is 0.00241. The minimum Gasteiger partial charge on any atom is -0.472 e. The predicted octanol–water partition coefficient (Wildman–Crippen LogP) is 3.02. The van der Waals surface area contributed by atoms with Crippen molar-refractivity contribution < 1.29 is 4.74 Å². The van der Waals surface area contributed by atoms with Crippen molar-refractivity contribution in [3.05, 3.63) is 65.0 Å². The molecule has 0 aliphatic carbocycles. The normalized spacial score (nSPS) is 12.6. The van der Waals surface area contributed by atoms with Crippen molar-refractivity contribution in [2.45, 2.75) is 6.73 Å². The van der Waals surface area contributed by atoms with Gasteiger partial charge in [0, 0.05) is 10.9 Å². The van der Waals surface area contributed by atoms with Crippen LogP contribution in [0.15, 0.2) is 59.4 Å². The van der Waals surface area contributed by atoms with Crippen LogP contribution in [0, 0.1) is 0 Å². The molecule has 0 atom stereocenters. The average Bonchev–Trinajstić information content (AvgIpc) is 2.47. The summed E-state index contributed by atoms with van der Waals surface area (Å²) in [6.45, 7) is 0.274. The highest BCUT2D eigenvalue weighted by Crippen LogP contribution is 2.33. The van der Waals surface area contributed by atoms with Crippen LogP contribution < -0.4 is 10.3 Å². The first kappa shape index (κ1) is 10.4. The molecular formula is C16H11NO2. The number of para-hydroxylation sites is 1. The fraction of sp³-hybridized carbons (Fsp3) is 0.0625. The molecule has 3 heteroatoms. The standard InChI is InChI=1S/C16H11NO2/c18-16-12-6-2-1-5-11(12)9-14-13-7-3-4-8-15(13)19-10-17(14)16/h1-9H,10H2. The fourth-order valence-electron chi connectivity index (χ4n) is 2.59. The van der Waals surface area contributed by atoms with E-state index >= 15 is 0 Å². The second-order valence-electron chi connectivity index (χ2n) is 4.62. The van der Waals surface area contributed by atoms with Crippen molar-refractivity contribution in [1.29, 1.82) is 0 Å². The van der Waals surface area contributed by atoms with E-state index in [-0.39, 0.29) is 12.3 Å². The summed E-state index contributed by atoms with van der Waals surface area (Å²) in [4.78, 5) is 12.5. The zero-order valence-electron chi connectivity index (χ0n) is 10.2. The Kier molecular flexibility index (Phi) is 2.03. The summed E-state index contributed by atoms with van der Waals surface area (Å²) in [5.41, 5.74) is 1.89. The number of rotatable bonds is 0. The molecule has 0 saturated carbocycles. The molecule has 2 aromatic carbocycles. The lowest BCUT2D eigenvalue weighted by Gasteiger charge is -2.22. The Labute approximate surface area is 109 Å². The van der Waals surface area contributed by atoms with Crippen LogP contribution in [-0.2, 0) is 6.73 Å². The van der Waals surface area contributed by atoms with Crippen LogP contribution in [0.3, 0.4) is 0 Å². The number of pyridine rings is 1. The summed E-state index contributed by atoms with van der Waals surface area (Å²) in [6.07, 6.45) is 0. The van der Waals surface area contributed by atoms with E-state index in [4.69, 9.17) is 4.74 Å². The van der Waals surface area contributed by atoms with Crippen LogP contribution in [0.25, 0.3) is 22.0 Å². The summed E-state index contributed by atoms with van der Waals surface area (Å²) < 4.78 is 7.33. The van der Waals surface area contributed by atoms with E-state index < -0.39 is 0 Å². The molecule has 0 unspecified atom stereocenters. The van der Waals surface area contributed by atoms with Gasteiger partial charge in [-0.2, -0.15) is 0 Å². The van der Waals surface area contributed by atoms with Gasteiger partial charge in [0.15, 0.2) is 6.73 Å². The van der Waals surface area contributed by atoms with Gasteiger partial charge in [0.2, 0.25) is 0 Å². The second kappa shape index (κ2) is 3.72. The Bertz CT molecular complexity index is 849. The lowest BCUT2D eigenvalue weighted by atomic mass is 10.0. The van der Waals surface area contributed by atoms with E-state index in [0.717, 1.165) is 27.8 Å². The quantitative estimate of drug-likeness (QED) is 0.613. The van der Waals surface area contributed by atoms with E-state index in [9.17, 15) is 4.79 Å². The van der Waals surface area contributed by atoms with Crippen molar-refractivity contribution in [3.63, 3.8) is 0 Å². The third-order valence-electron chi connectivity index (χ3n) is 3.53. The summed E-state index contributed by atoms with van der Waals surface area (Å²) in [5, 5.41) is 1.70. The van der Waals surface area contributed by atoms with Gasteiger partial charge in [-0.3, -0.25) is 9.36 Å². The molecule has 3 nitrogen and oxygen atoms in total. The summed E-state index contributed by atoms with van der Waals surface area (Å²) in [6, 6.07) is 17.5. The van der Waals surface area contributed by atoms with Gasteiger partial charge in [0.05, 0.1) is 5.69 Å². The molecule has 1 aromatic heterocycles. The van der Waals surface area contributed by atoms with Crippen LogP contribution in [0.2, 0.25) is 0 Å². The molecule has 1 aliphatic heterocycles.